The Morgan fingerprint density at radius 3 is 2.87 bits per heavy atom. The summed E-state index contributed by atoms with van der Waals surface area (Å²) in [6, 6.07) is 4.11. The Hall–Kier alpha value is -1.33. The molecule has 1 aliphatic rings. The molecule has 1 saturated heterocycles. The first kappa shape index (κ1) is 18.0. The van der Waals surface area contributed by atoms with E-state index in [1.165, 1.54) is 12.1 Å². The van der Waals surface area contributed by atoms with Gasteiger partial charge in [0.15, 0.2) is 0 Å². The lowest BCUT2D eigenvalue weighted by atomic mass is 9.93. The molecule has 2 atom stereocenters. The lowest BCUT2D eigenvalue weighted by Crippen LogP contribution is -2.38. The number of nitrogens with zero attached hydrogens (tertiary/aromatic N) is 1. The molecule has 0 aromatic heterocycles. The van der Waals surface area contributed by atoms with E-state index in [1.807, 2.05) is 20.8 Å². The molecule has 2 unspecified atom stereocenters. The second kappa shape index (κ2) is 7.05. The normalized spacial score (nSPS) is 19.7. The maximum atomic E-state index is 13.3. The fourth-order valence-electron chi connectivity index (χ4n) is 2.75. The summed E-state index contributed by atoms with van der Waals surface area (Å²) >= 11 is 6.09. The van der Waals surface area contributed by atoms with E-state index < -0.39 is 5.60 Å². The van der Waals surface area contributed by atoms with Crippen molar-refractivity contribution in [2.24, 2.45) is 11.7 Å². The molecule has 1 amide bonds. The van der Waals surface area contributed by atoms with E-state index >= 15 is 0 Å². The number of carbonyl (C=O) groups excluding carboxylic acids is 1. The molecule has 4 nitrogen and oxygen atoms in total. The number of benzene rings is 1. The molecule has 1 aromatic rings. The van der Waals surface area contributed by atoms with Crippen molar-refractivity contribution < 1.29 is 13.9 Å². The Morgan fingerprint density at radius 2 is 2.22 bits per heavy atom. The molecule has 0 spiro atoms. The average Bonchev–Trinajstić information content (AvgIpc) is 2.91. The van der Waals surface area contributed by atoms with Crippen LogP contribution in [0, 0.1) is 11.7 Å². The van der Waals surface area contributed by atoms with Crippen LogP contribution in [0.2, 0.25) is 5.02 Å². The van der Waals surface area contributed by atoms with Gasteiger partial charge in [-0.1, -0.05) is 11.6 Å². The van der Waals surface area contributed by atoms with E-state index in [2.05, 4.69) is 0 Å². The van der Waals surface area contributed by atoms with E-state index in [1.54, 1.807) is 11.0 Å². The molecular weight excluding hydrogens is 319 g/mol. The van der Waals surface area contributed by atoms with E-state index in [0.717, 1.165) is 6.42 Å². The minimum absolute atomic E-state index is 0.154. The highest BCUT2D eigenvalue weighted by molar-refractivity contribution is 6.31. The van der Waals surface area contributed by atoms with Gasteiger partial charge in [-0.05, 0) is 63.3 Å². The van der Waals surface area contributed by atoms with Crippen molar-refractivity contribution in [2.45, 2.75) is 45.3 Å². The first-order valence-corrected chi connectivity index (χ1v) is 8.21. The van der Waals surface area contributed by atoms with Gasteiger partial charge in [-0.2, -0.15) is 0 Å². The van der Waals surface area contributed by atoms with Crippen molar-refractivity contribution in [3.63, 3.8) is 0 Å². The Balaban J connectivity index is 1.93. The second-order valence-corrected chi connectivity index (χ2v) is 7.49. The van der Waals surface area contributed by atoms with Gasteiger partial charge in [-0.3, -0.25) is 0 Å². The number of carbonyl (C=O) groups is 1. The first-order chi connectivity index (χ1) is 10.7. The number of nitrogens with two attached hydrogens (primary N) is 1. The molecule has 2 rings (SSSR count). The summed E-state index contributed by atoms with van der Waals surface area (Å²) < 4.78 is 18.7. The predicted octanol–water partition coefficient (Wildman–Crippen LogP) is 3.61. The number of amides is 1. The number of hydrogen-bond donors (Lipinski definition) is 1. The van der Waals surface area contributed by atoms with Crippen LogP contribution < -0.4 is 5.73 Å². The van der Waals surface area contributed by atoms with E-state index in [4.69, 9.17) is 22.1 Å². The maximum absolute atomic E-state index is 13.3. The molecule has 128 valence electrons. The van der Waals surface area contributed by atoms with Crippen molar-refractivity contribution >= 4 is 17.7 Å². The molecule has 23 heavy (non-hydrogen) atoms. The van der Waals surface area contributed by atoms with Gasteiger partial charge >= 0.3 is 6.09 Å². The Kier molecular flexibility index (Phi) is 5.53. The molecule has 1 aliphatic heterocycles. The zero-order valence-corrected chi connectivity index (χ0v) is 14.6. The van der Waals surface area contributed by atoms with Crippen molar-refractivity contribution in [2.75, 3.05) is 13.1 Å². The van der Waals surface area contributed by atoms with Gasteiger partial charge in [0.1, 0.15) is 11.4 Å². The van der Waals surface area contributed by atoms with Crippen molar-refractivity contribution in [1.29, 1.82) is 0 Å². The van der Waals surface area contributed by atoms with Crippen molar-refractivity contribution in [3.8, 4) is 0 Å². The Morgan fingerprint density at radius 1 is 1.52 bits per heavy atom. The molecule has 0 radical (unpaired) electrons. The fraction of sp³-hybridized carbons (Fsp3) is 0.588. The minimum atomic E-state index is -0.508. The molecular formula is C17H24ClFN2O2. The van der Waals surface area contributed by atoms with Crippen LogP contribution in [0.25, 0.3) is 0 Å². The van der Waals surface area contributed by atoms with Gasteiger partial charge in [-0.25, -0.2) is 9.18 Å². The molecule has 1 fully saturated rings. The average molecular weight is 343 g/mol. The highest BCUT2D eigenvalue weighted by Crippen LogP contribution is 2.25. The van der Waals surface area contributed by atoms with Gasteiger partial charge < -0.3 is 15.4 Å². The van der Waals surface area contributed by atoms with Gasteiger partial charge in [0.05, 0.1) is 0 Å². The molecule has 1 aromatic carbocycles. The van der Waals surface area contributed by atoms with Gasteiger partial charge in [0, 0.05) is 24.2 Å². The predicted molar refractivity (Wildman–Crippen MR) is 89.0 cm³/mol. The highest BCUT2D eigenvalue weighted by atomic mass is 35.5. The summed E-state index contributed by atoms with van der Waals surface area (Å²) in [6.45, 7) is 6.72. The lowest BCUT2D eigenvalue weighted by Gasteiger charge is -2.25. The SMILES string of the molecule is CC(C)(C)OC(=O)N1CCC(C(N)Cc2cc(F)ccc2Cl)C1. The molecule has 0 saturated carbocycles. The number of rotatable bonds is 3. The van der Waals surface area contributed by atoms with Crippen LogP contribution in [0.3, 0.4) is 0 Å². The van der Waals surface area contributed by atoms with Crippen LogP contribution in [0.1, 0.15) is 32.8 Å². The molecule has 2 N–H and O–H groups in total. The summed E-state index contributed by atoms with van der Waals surface area (Å²) in [5.74, 6) is -0.166. The monoisotopic (exact) mass is 342 g/mol. The van der Waals surface area contributed by atoms with Gasteiger partial charge in [0.25, 0.3) is 0 Å². The Labute approximate surface area is 141 Å². The van der Waals surface area contributed by atoms with E-state index in [9.17, 15) is 9.18 Å². The summed E-state index contributed by atoms with van der Waals surface area (Å²) in [7, 11) is 0. The Bertz CT molecular complexity index is 574. The van der Waals surface area contributed by atoms with Crippen LogP contribution in [-0.2, 0) is 11.2 Å². The minimum Gasteiger partial charge on any atom is -0.444 e. The lowest BCUT2D eigenvalue weighted by molar-refractivity contribution is 0.0286. The van der Waals surface area contributed by atoms with E-state index in [0.29, 0.717) is 30.1 Å². The summed E-state index contributed by atoms with van der Waals surface area (Å²) in [5, 5.41) is 0.517. The molecule has 6 heteroatoms. The van der Waals surface area contributed by atoms with Crippen LogP contribution in [0.4, 0.5) is 9.18 Å². The third kappa shape index (κ3) is 5.08. The number of halogens is 2. The third-order valence-corrected chi connectivity index (χ3v) is 4.31. The highest BCUT2D eigenvalue weighted by Gasteiger charge is 2.32. The molecule has 0 bridgehead atoms. The van der Waals surface area contributed by atoms with Crippen molar-refractivity contribution in [1.82, 2.24) is 4.90 Å². The van der Waals surface area contributed by atoms with Crippen LogP contribution in [0.15, 0.2) is 18.2 Å². The first-order valence-electron chi connectivity index (χ1n) is 7.83. The topological polar surface area (TPSA) is 55.6 Å². The maximum Gasteiger partial charge on any atom is 0.410 e. The molecule has 1 heterocycles. The van der Waals surface area contributed by atoms with Crippen LogP contribution in [-0.4, -0.2) is 35.7 Å². The summed E-state index contributed by atoms with van der Waals surface area (Å²) in [5.41, 5.74) is 6.46. The largest absolute Gasteiger partial charge is 0.444 e. The third-order valence-electron chi connectivity index (χ3n) is 3.95. The van der Waals surface area contributed by atoms with Crippen LogP contribution >= 0.6 is 11.6 Å². The summed E-state index contributed by atoms with van der Waals surface area (Å²) in [6.07, 6.45) is 0.993. The standard InChI is InChI=1S/C17H24ClFN2O2/c1-17(2,3)23-16(22)21-7-6-11(10-21)15(20)9-12-8-13(19)4-5-14(12)18/h4-5,8,11,15H,6-7,9-10,20H2,1-3H3. The number of likely N-dealkylation sites (tertiary alicyclic amines) is 1. The zero-order valence-electron chi connectivity index (χ0n) is 13.8. The van der Waals surface area contributed by atoms with Crippen molar-refractivity contribution in [3.05, 3.63) is 34.6 Å². The fourth-order valence-corrected chi connectivity index (χ4v) is 2.94. The molecule has 0 aliphatic carbocycles. The second-order valence-electron chi connectivity index (χ2n) is 7.08. The quantitative estimate of drug-likeness (QED) is 0.913. The van der Waals surface area contributed by atoms with Gasteiger partial charge in [0.2, 0.25) is 0 Å². The van der Waals surface area contributed by atoms with Gasteiger partial charge in [-0.15, -0.1) is 0 Å². The summed E-state index contributed by atoms with van der Waals surface area (Å²) in [4.78, 5) is 13.8. The smallest absolute Gasteiger partial charge is 0.410 e. The van der Waals surface area contributed by atoms with E-state index in [-0.39, 0.29) is 23.9 Å². The number of ether oxygens (including phenoxy) is 1. The van der Waals surface area contributed by atoms with Crippen LogP contribution in [0.5, 0.6) is 0 Å². The zero-order chi connectivity index (χ0) is 17.2. The number of hydrogen-bond acceptors (Lipinski definition) is 3.